The van der Waals surface area contributed by atoms with Crippen molar-refractivity contribution in [2.45, 2.75) is 16.7 Å². The molecule has 0 amide bonds. The number of hydrogen-bond acceptors (Lipinski definition) is 3. The van der Waals surface area contributed by atoms with E-state index in [9.17, 15) is 4.79 Å². The van der Waals surface area contributed by atoms with Gasteiger partial charge in [-0.2, -0.15) is 0 Å². The molecule has 0 bridgehead atoms. The molecule has 0 saturated carbocycles. The summed E-state index contributed by atoms with van der Waals surface area (Å²) in [4.78, 5) is 13.4. The van der Waals surface area contributed by atoms with E-state index in [0.29, 0.717) is 16.3 Å². The van der Waals surface area contributed by atoms with Gasteiger partial charge < -0.3 is 4.74 Å². The summed E-state index contributed by atoms with van der Waals surface area (Å²) in [6.45, 7) is 1.57. The van der Waals surface area contributed by atoms with Crippen LogP contribution in [0.5, 0.6) is 5.75 Å². The van der Waals surface area contributed by atoms with E-state index in [-0.39, 0.29) is 5.78 Å². The van der Waals surface area contributed by atoms with Gasteiger partial charge >= 0.3 is 0 Å². The minimum absolute atomic E-state index is 0.0519. The molecule has 0 saturated heterocycles. The van der Waals surface area contributed by atoms with Gasteiger partial charge in [0.1, 0.15) is 5.75 Å². The number of rotatable bonds is 4. The van der Waals surface area contributed by atoms with E-state index in [2.05, 4.69) is 0 Å². The van der Waals surface area contributed by atoms with Gasteiger partial charge in [0.2, 0.25) is 0 Å². The molecule has 2 rings (SSSR count). The van der Waals surface area contributed by atoms with Crippen molar-refractivity contribution in [2.75, 3.05) is 7.11 Å². The largest absolute Gasteiger partial charge is 0.496 e. The zero-order valence-electron chi connectivity index (χ0n) is 10.6. The molecule has 2 nitrogen and oxygen atoms in total. The molecule has 4 heteroatoms. The van der Waals surface area contributed by atoms with Crippen LogP contribution in [0.2, 0.25) is 5.02 Å². The predicted octanol–water partition coefficient (Wildman–Crippen LogP) is 4.70. The normalized spacial score (nSPS) is 10.3. The quantitative estimate of drug-likeness (QED) is 0.764. The fourth-order valence-corrected chi connectivity index (χ4v) is 2.94. The molecule has 19 heavy (non-hydrogen) atoms. The highest BCUT2D eigenvalue weighted by molar-refractivity contribution is 7.99. The van der Waals surface area contributed by atoms with E-state index in [4.69, 9.17) is 16.3 Å². The van der Waals surface area contributed by atoms with Crippen molar-refractivity contribution in [3.63, 3.8) is 0 Å². The molecule has 0 aliphatic rings. The van der Waals surface area contributed by atoms with Gasteiger partial charge in [0.05, 0.1) is 12.0 Å². The minimum atomic E-state index is 0.0519. The van der Waals surface area contributed by atoms with E-state index >= 15 is 0 Å². The van der Waals surface area contributed by atoms with Crippen molar-refractivity contribution in [1.82, 2.24) is 0 Å². The zero-order chi connectivity index (χ0) is 13.8. The number of halogens is 1. The highest BCUT2D eigenvalue weighted by Crippen LogP contribution is 2.37. The standard InChI is InChI=1S/C15H13ClO2S/c1-10(17)12-5-3-4-6-14(12)19-15-8-7-11(16)9-13(15)18-2/h3-9H,1-2H3. The van der Waals surface area contributed by atoms with E-state index in [1.807, 2.05) is 36.4 Å². The third-order valence-electron chi connectivity index (χ3n) is 2.61. The second-order valence-electron chi connectivity index (χ2n) is 3.95. The lowest BCUT2D eigenvalue weighted by Gasteiger charge is -2.10. The molecule has 0 unspecified atom stereocenters. The first kappa shape index (κ1) is 14.0. The molecule has 0 radical (unpaired) electrons. The molecule has 0 spiro atoms. The van der Waals surface area contributed by atoms with E-state index < -0.39 is 0 Å². The van der Waals surface area contributed by atoms with Crippen LogP contribution in [0.1, 0.15) is 17.3 Å². The van der Waals surface area contributed by atoms with Gasteiger partial charge in [-0.1, -0.05) is 41.6 Å². The lowest BCUT2D eigenvalue weighted by Crippen LogP contribution is -1.94. The van der Waals surface area contributed by atoms with E-state index in [1.54, 1.807) is 20.1 Å². The third-order valence-corrected chi connectivity index (χ3v) is 3.98. The lowest BCUT2D eigenvalue weighted by molar-refractivity contribution is 0.101. The Morgan fingerprint density at radius 1 is 1.16 bits per heavy atom. The summed E-state index contributed by atoms with van der Waals surface area (Å²) in [5, 5.41) is 0.626. The van der Waals surface area contributed by atoms with Gasteiger partial charge in [0, 0.05) is 15.5 Å². The number of methoxy groups -OCH3 is 1. The Morgan fingerprint density at radius 3 is 2.58 bits per heavy atom. The average Bonchev–Trinajstić information content (AvgIpc) is 2.41. The van der Waals surface area contributed by atoms with Crippen LogP contribution in [0.4, 0.5) is 0 Å². The molecule has 0 aliphatic heterocycles. The van der Waals surface area contributed by atoms with Crippen LogP contribution in [0.3, 0.4) is 0 Å². The molecule has 0 atom stereocenters. The summed E-state index contributed by atoms with van der Waals surface area (Å²) in [7, 11) is 1.60. The van der Waals surface area contributed by atoms with Crippen molar-refractivity contribution in [1.29, 1.82) is 0 Å². The number of ether oxygens (including phenoxy) is 1. The second kappa shape index (κ2) is 6.13. The molecule has 0 heterocycles. The molecule has 0 N–H and O–H groups in total. The first-order chi connectivity index (χ1) is 9.11. The average molecular weight is 293 g/mol. The van der Waals surface area contributed by atoms with Crippen molar-refractivity contribution >= 4 is 29.1 Å². The number of carbonyl (C=O) groups excluding carboxylic acids is 1. The first-order valence-corrected chi connectivity index (χ1v) is 6.92. The maximum Gasteiger partial charge on any atom is 0.160 e. The monoisotopic (exact) mass is 292 g/mol. The van der Waals surface area contributed by atoms with Gasteiger partial charge in [-0.05, 0) is 31.2 Å². The molecule has 0 fully saturated rings. The number of carbonyl (C=O) groups is 1. The third kappa shape index (κ3) is 3.31. The lowest BCUT2D eigenvalue weighted by atomic mass is 10.1. The summed E-state index contributed by atoms with van der Waals surface area (Å²) < 4.78 is 5.31. The van der Waals surface area contributed by atoms with Gasteiger partial charge in [-0.15, -0.1) is 0 Å². The highest BCUT2D eigenvalue weighted by Gasteiger charge is 2.11. The Kier molecular flexibility index (Phi) is 4.51. The van der Waals surface area contributed by atoms with Gasteiger partial charge in [-0.3, -0.25) is 4.79 Å². The summed E-state index contributed by atoms with van der Waals surface area (Å²) in [5.41, 5.74) is 0.713. The summed E-state index contributed by atoms with van der Waals surface area (Å²) >= 11 is 7.43. The van der Waals surface area contributed by atoms with Gasteiger partial charge in [-0.25, -0.2) is 0 Å². The molecule has 98 valence electrons. The maximum atomic E-state index is 11.6. The predicted molar refractivity (Wildman–Crippen MR) is 78.6 cm³/mol. The Hall–Kier alpha value is -1.45. The van der Waals surface area contributed by atoms with Crippen LogP contribution < -0.4 is 4.74 Å². The van der Waals surface area contributed by atoms with Crippen molar-refractivity contribution in [2.24, 2.45) is 0 Å². The minimum Gasteiger partial charge on any atom is -0.496 e. The van der Waals surface area contributed by atoms with Crippen molar-refractivity contribution in [3.05, 3.63) is 53.1 Å². The SMILES string of the molecule is COc1cc(Cl)ccc1Sc1ccccc1C(C)=O. The van der Waals surface area contributed by atoms with Crippen LogP contribution in [0.25, 0.3) is 0 Å². The number of ketones is 1. The Bertz CT molecular complexity index is 611. The zero-order valence-corrected chi connectivity index (χ0v) is 12.2. The van der Waals surface area contributed by atoms with Crippen molar-refractivity contribution < 1.29 is 9.53 Å². The first-order valence-electron chi connectivity index (χ1n) is 5.73. The van der Waals surface area contributed by atoms with Crippen LogP contribution in [0.15, 0.2) is 52.3 Å². The Morgan fingerprint density at radius 2 is 1.89 bits per heavy atom. The maximum absolute atomic E-state index is 11.6. The second-order valence-corrected chi connectivity index (χ2v) is 5.47. The topological polar surface area (TPSA) is 26.3 Å². The molecule has 2 aromatic carbocycles. The molecule has 0 aliphatic carbocycles. The summed E-state index contributed by atoms with van der Waals surface area (Å²) in [6.07, 6.45) is 0. The van der Waals surface area contributed by atoms with Gasteiger partial charge in [0.25, 0.3) is 0 Å². The van der Waals surface area contributed by atoms with Crippen LogP contribution in [0, 0.1) is 0 Å². The number of Topliss-reactive ketones (excluding diaryl/α,β-unsaturated/α-hetero) is 1. The smallest absolute Gasteiger partial charge is 0.160 e. The molecular weight excluding hydrogens is 280 g/mol. The number of hydrogen-bond donors (Lipinski definition) is 0. The van der Waals surface area contributed by atoms with Crippen LogP contribution in [-0.4, -0.2) is 12.9 Å². The van der Waals surface area contributed by atoms with Crippen LogP contribution >= 0.6 is 23.4 Å². The Labute approximate surface area is 121 Å². The molecular formula is C15H13ClO2S. The van der Waals surface area contributed by atoms with E-state index in [0.717, 1.165) is 9.79 Å². The molecule has 0 aromatic heterocycles. The highest BCUT2D eigenvalue weighted by atomic mass is 35.5. The van der Waals surface area contributed by atoms with Crippen LogP contribution in [-0.2, 0) is 0 Å². The summed E-state index contributed by atoms with van der Waals surface area (Å²) in [5.74, 6) is 0.756. The molecule has 2 aromatic rings. The Balaban J connectivity index is 2.39. The summed E-state index contributed by atoms with van der Waals surface area (Å²) in [6, 6.07) is 13.0. The number of benzene rings is 2. The fraction of sp³-hybridized carbons (Fsp3) is 0.133. The van der Waals surface area contributed by atoms with Gasteiger partial charge in [0.15, 0.2) is 5.78 Å². The van der Waals surface area contributed by atoms with E-state index in [1.165, 1.54) is 11.8 Å². The van der Waals surface area contributed by atoms with Crippen molar-refractivity contribution in [3.8, 4) is 5.75 Å². The fourth-order valence-electron chi connectivity index (χ4n) is 1.69.